The highest BCUT2D eigenvalue weighted by atomic mass is 32.1. The highest BCUT2D eigenvalue weighted by Crippen LogP contribution is 2.55. The first-order valence-corrected chi connectivity index (χ1v) is 18.0. The van der Waals surface area contributed by atoms with Gasteiger partial charge in [0.05, 0.1) is 23.1 Å². The quantitative estimate of drug-likeness (QED) is 0.256. The lowest BCUT2D eigenvalue weighted by molar-refractivity contribution is 0.225. The largest absolute Gasteiger partial charge is 0.473 e. The molecule has 1 fully saturated rings. The van der Waals surface area contributed by atoms with Gasteiger partial charge in [-0.25, -0.2) is 19.6 Å². The molecule has 0 radical (unpaired) electrons. The molecule has 252 valence electrons. The van der Waals surface area contributed by atoms with Crippen LogP contribution in [0.5, 0.6) is 5.88 Å². The maximum absolute atomic E-state index is 10.2. The number of ether oxygens (including phenoxy) is 1. The van der Waals surface area contributed by atoms with Crippen LogP contribution in [0.25, 0.3) is 22.6 Å². The Labute approximate surface area is 287 Å². The Bertz CT molecular complexity index is 2160. The number of anilines is 3. The van der Waals surface area contributed by atoms with Crippen molar-refractivity contribution >= 4 is 39.0 Å². The Hall–Kier alpha value is -4.74. The SMILES string of the molecule is C[C@@H]([C@@H]1CCCN1C)n1nc2c3c(nc(-c4noc5c4CCC[C@@]54CCCc5sc(N)c(C#N)c54)nc31)N(C)[C@@H](c1cccnc1N)CO2. The molecule has 5 aromatic rings. The monoisotopic (exact) mass is 677 g/mol. The van der Waals surface area contributed by atoms with Crippen molar-refractivity contribution in [2.24, 2.45) is 0 Å². The van der Waals surface area contributed by atoms with Gasteiger partial charge in [-0.15, -0.1) is 16.4 Å². The number of aromatic nitrogens is 6. The molecule has 0 aromatic carbocycles. The molecule has 4 N–H and O–H groups in total. The molecule has 13 nitrogen and oxygen atoms in total. The molecule has 1 saturated heterocycles. The fraction of sp³-hybridized carbons (Fsp3) is 0.486. The number of thiophene rings is 1. The first-order valence-electron chi connectivity index (χ1n) is 17.2. The summed E-state index contributed by atoms with van der Waals surface area (Å²) in [6.45, 7) is 3.58. The van der Waals surface area contributed by atoms with E-state index in [9.17, 15) is 5.26 Å². The van der Waals surface area contributed by atoms with Gasteiger partial charge in [0, 0.05) is 35.3 Å². The highest BCUT2D eigenvalue weighted by molar-refractivity contribution is 7.16. The third-order valence-corrected chi connectivity index (χ3v) is 12.6. The van der Waals surface area contributed by atoms with Crippen molar-refractivity contribution in [3.05, 3.63) is 51.2 Å². The van der Waals surface area contributed by atoms with Gasteiger partial charge in [0.2, 0.25) is 5.88 Å². The zero-order chi connectivity index (χ0) is 33.6. The van der Waals surface area contributed by atoms with Crippen molar-refractivity contribution < 1.29 is 9.26 Å². The number of rotatable bonds is 4. The predicted octanol–water partition coefficient (Wildman–Crippen LogP) is 5.16. The van der Waals surface area contributed by atoms with E-state index in [4.69, 9.17) is 41.0 Å². The fourth-order valence-electron chi connectivity index (χ4n) is 9.09. The number of likely N-dealkylation sites (N-methyl/N-ethyl adjacent to an activating group) is 2. The maximum atomic E-state index is 10.2. The molecule has 14 heteroatoms. The number of hydrogen-bond acceptors (Lipinski definition) is 13. The van der Waals surface area contributed by atoms with Crippen LogP contribution in [0, 0.1) is 11.3 Å². The minimum absolute atomic E-state index is 0.0426. The van der Waals surface area contributed by atoms with E-state index in [1.165, 1.54) is 4.88 Å². The second-order valence-electron chi connectivity index (χ2n) is 14.0. The average Bonchev–Trinajstić information content (AvgIpc) is 3.88. The number of likely N-dealkylation sites (tertiary alicyclic amines) is 1. The normalized spacial score (nSPS) is 24.0. The number of nitrogen functional groups attached to an aromatic ring is 2. The molecule has 49 heavy (non-hydrogen) atoms. The summed E-state index contributed by atoms with van der Waals surface area (Å²) in [7, 11) is 4.18. The van der Waals surface area contributed by atoms with Gasteiger partial charge in [0.1, 0.15) is 34.7 Å². The van der Waals surface area contributed by atoms with Crippen molar-refractivity contribution in [2.75, 3.05) is 43.6 Å². The number of fused-ring (bicyclic) bond motifs is 4. The number of aryl methyl sites for hydroxylation is 1. The zero-order valence-corrected chi connectivity index (χ0v) is 28.8. The molecule has 0 bridgehead atoms. The summed E-state index contributed by atoms with van der Waals surface area (Å²) in [6, 6.07) is 6.38. The van der Waals surface area contributed by atoms with E-state index in [1.54, 1.807) is 17.5 Å². The third-order valence-electron chi connectivity index (χ3n) is 11.5. The van der Waals surface area contributed by atoms with E-state index >= 15 is 0 Å². The minimum Gasteiger partial charge on any atom is -0.473 e. The molecule has 4 aliphatic rings. The molecule has 2 aliphatic carbocycles. The third kappa shape index (κ3) is 4.34. The minimum atomic E-state index is -0.439. The molecular formula is C35H39N11O2S. The summed E-state index contributed by atoms with van der Waals surface area (Å²) in [5.41, 5.74) is 17.2. The van der Waals surface area contributed by atoms with Crippen LogP contribution in [0.4, 0.5) is 16.6 Å². The summed E-state index contributed by atoms with van der Waals surface area (Å²) in [5, 5.41) is 21.3. The lowest BCUT2D eigenvalue weighted by Gasteiger charge is -2.39. The van der Waals surface area contributed by atoms with E-state index in [2.05, 4.69) is 34.8 Å². The van der Waals surface area contributed by atoms with Crippen molar-refractivity contribution in [3.8, 4) is 23.5 Å². The Morgan fingerprint density at radius 2 is 1.98 bits per heavy atom. The van der Waals surface area contributed by atoms with Gasteiger partial charge in [-0.2, -0.15) is 5.26 Å². The van der Waals surface area contributed by atoms with Gasteiger partial charge in [-0.3, -0.25) is 0 Å². The van der Waals surface area contributed by atoms with Gasteiger partial charge in [0.15, 0.2) is 22.9 Å². The van der Waals surface area contributed by atoms with Gasteiger partial charge in [0.25, 0.3) is 0 Å². The molecule has 1 spiro atoms. The molecule has 7 heterocycles. The smallest absolute Gasteiger partial charge is 0.246 e. The van der Waals surface area contributed by atoms with Crippen molar-refractivity contribution in [1.29, 1.82) is 5.26 Å². The van der Waals surface area contributed by atoms with Gasteiger partial charge in [-0.1, -0.05) is 11.2 Å². The number of hydrogen-bond donors (Lipinski definition) is 2. The first-order chi connectivity index (χ1) is 23.8. The van der Waals surface area contributed by atoms with Crippen LogP contribution >= 0.6 is 11.3 Å². The van der Waals surface area contributed by atoms with Crippen molar-refractivity contribution in [3.63, 3.8) is 0 Å². The Balaban J connectivity index is 1.24. The van der Waals surface area contributed by atoms with Gasteiger partial charge >= 0.3 is 0 Å². The van der Waals surface area contributed by atoms with Crippen LogP contribution in [0.1, 0.15) is 90.4 Å². The summed E-state index contributed by atoms with van der Waals surface area (Å²) in [6.07, 6.45) is 9.32. The number of nitriles is 1. The van der Waals surface area contributed by atoms with E-state index in [-0.39, 0.29) is 12.1 Å². The lowest BCUT2D eigenvalue weighted by Crippen LogP contribution is -2.35. The number of pyridine rings is 1. The van der Waals surface area contributed by atoms with Crippen LogP contribution in [0.2, 0.25) is 0 Å². The highest BCUT2D eigenvalue weighted by Gasteiger charge is 2.49. The molecule has 0 amide bonds. The number of nitrogens with zero attached hydrogens (tertiary/aromatic N) is 9. The summed E-state index contributed by atoms with van der Waals surface area (Å²) < 4.78 is 14.9. The topological polar surface area (TPSA) is 174 Å². The second-order valence-corrected chi connectivity index (χ2v) is 15.2. The van der Waals surface area contributed by atoms with Crippen LogP contribution in [-0.2, 0) is 18.3 Å². The van der Waals surface area contributed by atoms with Crippen molar-refractivity contribution in [2.45, 2.75) is 81.8 Å². The predicted molar refractivity (Wildman–Crippen MR) is 187 cm³/mol. The van der Waals surface area contributed by atoms with Crippen LogP contribution in [0.3, 0.4) is 0 Å². The molecular weight excluding hydrogens is 639 g/mol. The van der Waals surface area contributed by atoms with E-state index < -0.39 is 5.41 Å². The molecule has 2 aliphatic heterocycles. The van der Waals surface area contributed by atoms with E-state index in [0.29, 0.717) is 57.9 Å². The summed E-state index contributed by atoms with van der Waals surface area (Å²) in [5.74, 6) is 2.96. The van der Waals surface area contributed by atoms with Crippen LogP contribution in [-0.4, -0.2) is 68.1 Å². The first kappa shape index (κ1) is 30.3. The molecule has 9 rings (SSSR count). The van der Waals surface area contributed by atoms with E-state index in [1.807, 2.05) is 23.9 Å². The van der Waals surface area contributed by atoms with Crippen LogP contribution in [0.15, 0.2) is 22.9 Å². The van der Waals surface area contributed by atoms with Gasteiger partial charge in [-0.05, 0) is 83.5 Å². The summed E-state index contributed by atoms with van der Waals surface area (Å²) >= 11 is 1.54. The fourth-order valence-corrected chi connectivity index (χ4v) is 10.2. The summed E-state index contributed by atoms with van der Waals surface area (Å²) in [4.78, 5) is 20.5. The molecule has 5 aromatic heterocycles. The molecule has 0 unspecified atom stereocenters. The average molecular weight is 678 g/mol. The molecule has 0 saturated carbocycles. The Morgan fingerprint density at radius 3 is 2.76 bits per heavy atom. The van der Waals surface area contributed by atoms with Gasteiger partial charge < -0.3 is 30.5 Å². The standard InChI is InChI=1S/C35H39N11O2S/c1-18(22-10-7-15-44(22)2)46-33-25-32(45(3)23(17-47-34(25)42-46)19-9-6-14-39-29(19)37)40-31(41-33)27-20-8-4-12-35(28(20)48-43-27)13-5-11-24-26(35)21(16-36)30(38)49-24/h6,9,14,18,22-23H,4-5,7-8,10-13,15,17,38H2,1-3H3,(H2,37,39)/t18-,22-,23+,35-/m0/s1. The van der Waals surface area contributed by atoms with E-state index in [0.717, 1.165) is 85.7 Å². The zero-order valence-electron chi connectivity index (χ0n) is 27.9. The van der Waals surface area contributed by atoms with Crippen LogP contribution < -0.4 is 21.1 Å². The Morgan fingerprint density at radius 1 is 1.14 bits per heavy atom. The Kier molecular flexibility index (Phi) is 6.90. The number of nitrogens with two attached hydrogens (primary N) is 2. The van der Waals surface area contributed by atoms with Crippen molar-refractivity contribution in [1.82, 2.24) is 34.8 Å². The second kappa shape index (κ2) is 11.1. The molecule has 4 atom stereocenters. The lowest BCUT2D eigenvalue weighted by atomic mass is 9.63. The maximum Gasteiger partial charge on any atom is 0.246 e.